The Kier molecular flexibility index (Phi) is 4.96. The largest absolute Gasteiger partial charge is 0.491 e. The molecule has 0 spiro atoms. The van der Waals surface area contributed by atoms with Gasteiger partial charge >= 0.3 is 0 Å². The van der Waals surface area contributed by atoms with Crippen molar-refractivity contribution in [1.82, 2.24) is 0 Å². The van der Waals surface area contributed by atoms with Gasteiger partial charge in [0.1, 0.15) is 5.75 Å². The van der Waals surface area contributed by atoms with Gasteiger partial charge in [0.2, 0.25) is 5.91 Å². The number of anilines is 1. The summed E-state index contributed by atoms with van der Waals surface area (Å²) < 4.78 is 6.41. The summed E-state index contributed by atoms with van der Waals surface area (Å²) >= 11 is 3.37. The highest BCUT2D eigenvalue weighted by molar-refractivity contribution is 9.10. The average molecular weight is 301 g/mol. The van der Waals surface area contributed by atoms with Crippen molar-refractivity contribution >= 4 is 27.5 Å². The zero-order chi connectivity index (χ0) is 13.0. The van der Waals surface area contributed by atoms with E-state index in [0.29, 0.717) is 11.4 Å². The van der Waals surface area contributed by atoms with Crippen molar-refractivity contribution < 1.29 is 9.53 Å². The second kappa shape index (κ2) is 6.02. The van der Waals surface area contributed by atoms with Gasteiger partial charge in [0, 0.05) is 16.2 Å². The van der Waals surface area contributed by atoms with Crippen LogP contribution in [0.4, 0.5) is 5.69 Å². The van der Waals surface area contributed by atoms with E-state index in [1.807, 2.05) is 19.9 Å². The normalized spacial score (nSPS) is 12.4. The lowest BCUT2D eigenvalue weighted by Gasteiger charge is -2.13. The number of halogens is 1. The number of benzene rings is 1. The van der Waals surface area contributed by atoms with Crippen LogP contribution in [-0.4, -0.2) is 18.1 Å². The molecule has 1 amide bonds. The van der Waals surface area contributed by atoms with Crippen LogP contribution in [0.1, 0.15) is 20.8 Å². The summed E-state index contributed by atoms with van der Waals surface area (Å²) in [6.07, 6.45) is 0.0845. The van der Waals surface area contributed by atoms with Crippen molar-refractivity contribution in [3.05, 3.63) is 22.7 Å². The number of rotatable bonds is 4. The van der Waals surface area contributed by atoms with Crippen molar-refractivity contribution in [2.24, 2.45) is 5.73 Å². The van der Waals surface area contributed by atoms with Gasteiger partial charge in [0.25, 0.3) is 0 Å². The fourth-order valence-electron chi connectivity index (χ4n) is 1.23. The van der Waals surface area contributed by atoms with E-state index in [-0.39, 0.29) is 12.0 Å². The van der Waals surface area contributed by atoms with Crippen LogP contribution in [0.15, 0.2) is 22.7 Å². The zero-order valence-electron chi connectivity index (χ0n) is 10.2. The Bertz CT molecular complexity index is 405. The number of ether oxygens (including phenoxy) is 1. The molecule has 0 aromatic heterocycles. The molecule has 0 heterocycles. The highest BCUT2D eigenvalue weighted by atomic mass is 79.9. The lowest BCUT2D eigenvalue weighted by atomic mass is 10.2. The first-order valence-electron chi connectivity index (χ1n) is 5.42. The molecule has 0 fully saturated rings. The molecule has 0 aliphatic rings. The molecule has 0 unspecified atom stereocenters. The Labute approximate surface area is 110 Å². The fourth-order valence-corrected chi connectivity index (χ4v) is 1.70. The molecule has 1 aromatic carbocycles. The van der Waals surface area contributed by atoms with E-state index in [1.165, 1.54) is 0 Å². The molecule has 3 N–H and O–H groups in total. The first-order chi connectivity index (χ1) is 7.88. The highest BCUT2D eigenvalue weighted by Gasteiger charge is 2.09. The van der Waals surface area contributed by atoms with Crippen LogP contribution in [0, 0.1) is 0 Å². The average Bonchev–Trinajstić information content (AvgIpc) is 2.14. The van der Waals surface area contributed by atoms with Crippen molar-refractivity contribution in [3.8, 4) is 5.75 Å². The van der Waals surface area contributed by atoms with E-state index in [2.05, 4.69) is 21.2 Å². The first kappa shape index (κ1) is 14.0. The molecule has 17 heavy (non-hydrogen) atoms. The van der Waals surface area contributed by atoms with Crippen molar-refractivity contribution in [2.45, 2.75) is 32.9 Å². The molecule has 94 valence electrons. The second-order valence-electron chi connectivity index (χ2n) is 4.12. The topological polar surface area (TPSA) is 64.3 Å². The highest BCUT2D eigenvalue weighted by Crippen LogP contribution is 2.25. The Balaban J connectivity index is 2.85. The molecule has 0 aliphatic carbocycles. The molecule has 4 nitrogen and oxygen atoms in total. The lowest BCUT2D eigenvalue weighted by molar-refractivity contribution is -0.117. The number of carbonyl (C=O) groups is 1. The van der Waals surface area contributed by atoms with Crippen LogP contribution in [0.2, 0.25) is 0 Å². The molecule has 0 saturated carbocycles. The van der Waals surface area contributed by atoms with Crippen LogP contribution in [0.5, 0.6) is 5.75 Å². The zero-order valence-corrected chi connectivity index (χ0v) is 11.7. The second-order valence-corrected chi connectivity index (χ2v) is 5.04. The summed E-state index contributed by atoms with van der Waals surface area (Å²) in [4.78, 5) is 11.5. The monoisotopic (exact) mass is 300 g/mol. The molecule has 1 atom stereocenters. The fraction of sp³-hybridized carbons (Fsp3) is 0.417. The molecule has 5 heteroatoms. The molecule has 1 rings (SSSR count). The quantitative estimate of drug-likeness (QED) is 0.898. The van der Waals surface area contributed by atoms with Gasteiger partial charge < -0.3 is 15.8 Å². The smallest absolute Gasteiger partial charge is 0.241 e. The number of carbonyl (C=O) groups excluding carboxylic acids is 1. The predicted molar refractivity (Wildman–Crippen MR) is 72.2 cm³/mol. The Morgan fingerprint density at radius 3 is 2.53 bits per heavy atom. The molecular weight excluding hydrogens is 284 g/mol. The lowest BCUT2D eigenvalue weighted by Crippen LogP contribution is -2.32. The predicted octanol–water partition coefficient (Wildman–Crippen LogP) is 2.52. The Morgan fingerprint density at radius 2 is 2.00 bits per heavy atom. The van der Waals surface area contributed by atoms with E-state index in [4.69, 9.17) is 10.5 Å². The summed E-state index contributed by atoms with van der Waals surface area (Å²) in [6, 6.07) is 4.88. The maximum absolute atomic E-state index is 11.5. The van der Waals surface area contributed by atoms with Crippen molar-refractivity contribution in [2.75, 3.05) is 5.32 Å². The van der Waals surface area contributed by atoms with E-state index < -0.39 is 6.04 Å². The summed E-state index contributed by atoms with van der Waals surface area (Å²) in [5.74, 6) is 0.480. The minimum Gasteiger partial charge on any atom is -0.491 e. The summed E-state index contributed by atoms with van der Waals surface area (Å²) in [5.41, 5.74) is 6.15. The summed E-state index contributed by atoms with van der Waals surface area (Å²) in [6.45, 7) is 5.53. The number of nitrogens with two attached hydrogens (primary N) is 1. The van der Waals surface area contributed by atoms with Gasteiger partial charge in [-0.3, -0.25) is 4.79 Å². The minimum atomic E-state index is -0.538. The van der Waals surface area contributed by atoms with Gasteiger partial charge in [-0.05, 0) is 32.9 Å². The molecule has 1 aromatic rings. The van der Waals surface area contributed by atoms with Crippen molar-refractivity contribution in [3.63, 3.8) is 0 Å². The van der Waals surface area contributed by atoms with Gasteiger partial charge in [-0.2, -0.15) is 0 Å². The van der Waals surface area contributed by atoms with E-state index in [0.717, 1.165) is 4.47 Å². The van der Waals surface area contributed by atoms with Crippen LogP contribution < -0.4 is 15.8 Å². The SMILES string of the molecule is CC(C)Oc1cc(Br)cc(NC(=O)[C@@H](C)N)c1. The van der Waals surface area contributed by atoms with E-state index in [1.54, 1.807) is 19.1 Å². The molecule has 0 aliphatic heterocycles. The Morgan fingerprint density at radius 1 is 1.35 bits per heavy atom. The van der Waals surface area contributed by atoms with Crippen LogP contribution in [0.25, 0.3) is 0 Å². The number of hydrogen-bond acceptors (Lipinski definition) is 3. The van der Waals surface area contributed by atoms with Crippen molar-refractivity contribution in [1.29, 1.82) is 0 Å². The summed E-state index contributed by atoms with van der Waals surface area (Å²) in [7, 11) is 0. The number of amides is 1. The Hall–Kier alpha value is -1.07. The maximum atomic E-state index is 11.5. The van der Waals surface area contributed by atoms with Gasteiger partial charge in [-0.15, -0.1) is 0 Å². The van der Waals surface area contributed by atoms with Gasteiger partial charge in [0.15, 0.2) is 0 Å². The van der Waals surface area contributed by atoms with Crippen LogP contribution in [0.3, 0.4) is 0 Å². The van der Waals surface area contributed by atoms with Gasteiger partial charge in [-0.25, -0.2) is 0 Å². The van der Waals surface area contributed by atoms with Gasteiger partial charge in [0.05, 0.1) is 12.1 Å². The van der Waals surface area contributed by atoms with Crippen LogP contribution >= 0.6 is 15.9 Å². The molecule has 0 bridgehead atoms. The third-order valence-electron chi connectivity index (χ3n) is 1.92. The van der Waals surface area contributed by atoms with E-state index >= 15 is 0 Å². The molecule has 0 saturated heterocycles. The molecular formula is C12H17BrN2O2. The maximum Gasteiger partial charge on any atom is 0.241 e. The van der Waals surface area contributed by atoms with Crippen LogP contribution in [-0.2, 0) is 4.79 Å². The number of nitrogens with one attached hydrogen (secondary N) is 1. The first-order valence-corrected chi connectivity index (χ1v) is 6.21. The minimum absolute atomic E-state index is 0.0845. The third-order valence-corrected chi connectivity index (χ3v) is 2.38. The standard InChI is InChI=1S/C12H17BrN2O2/c1-7(2)17-11-5-9(13)4-10(6-11)15-12(16)8(3)14/h4-8H,14H2,1-3H3,(H,15,16)/t8-/m1/s1. The van der Waals surface area contributed by atoms with E-state index in [9.17, 15) is 4.79 Å². The number of hydrogen-bond donors (Lipinski definition) is 2. The van der Waals surface area contributed by atoms with Gasteiger partial charge in [-0.1, -0.05) is 15.9 Å². The third kappa shape index (κ3) is 4.75. The molecule has 0 radical (unpaired) electrons. The summed E-state index contributed by atoms with van der Waals surface area (Å²) in [5, 5.41) is 2.72.